The lowest BCUT2D eigenvalue weighted by Gasteiger charge is -2.13. The molecule has 1 aliphatic rings. The number of ether oxygens (including phenoxy) is 1. The zero-order chi connectivity index (χ0) is 18.4. The third-order valence-electron chi connectivity index (χ3n) is 4.46. The minimum Gasteiger partial charge on any atom is -0.465 e. The van der Waals surface area contributed by atoms with E-state index >= 15 is 0 Å². The minimum atomic E-state index is -0.796. The van der Waals surface area contributed by atoms with E-state index in [9.17, 15) is 9.90 Å². The molecule has 0 amide bonds. The standard InChI is InChI=1S/C19H20N4O3/c1-10(2)17-20-14-6-4-11(18(24)26-3)8-16(14)23(17)12-5-7-13-15(9-12)22-19(25)21-13/h4-10,19,21-22,25H,1-3H3. The van der Waals surface area contributed by atoms with Gasteiger partial charge >= 0.3 is 5.97 Å². The summed E-state index contributed by atoms with van der Waals surface area (Å²) in [4.78, 5) is 16.7. The van der Waals surface area contributed by atoms with Crippen molar-refractivity contribution in [3.63, 3.8) is 0 Å². The first-order valence-corrected chi connectivity index (χ1v) is 8.44. The van der Waals surface area contributed by atoms with Crippen molar-refractivity contribution >= 4 is 28.4 Å². The van der Waals surface area contributed by atoms with E-state index < -0.39 is 6.35 Å². The van der Waals surface area contributed by atoms with Gasteiger partial charge in [-0.15, -0.1) is 0 Å². The molecule has 7 nitrogen and oxygen atoms in total. The molecule has 1 aromatic heterocycles. The van der Waals surface area contributed by atoms with Crippen molar-refractivity contribution in [1.29, 1.82) is 0 Å². The van der Waals surface area contributed by atoms with Crippen molar-refractivity contribution < 1.29 is 14.6 Å². The fraction of sp³-hybridized carbons (Fsp3) is 0.263. The number of nitrogens with zero attached hydrogens (tertiary/aromatic N) is 2. The molecule has 1 atom stereocenters. The second kappa shape index (κ2) is 6.03. The quantitative estimate of drug-likeness (QED) is 0.628. The number of hydrogen-bond acceptors (Lipinski definition) is 6. The number of hydrogen-bond donors (Lipinski definition) is 3. The number of aliphatic hydroxyl groups excluding tert-OH is 1. The van der Waals surface area contributed by atoms with E-state index in [4.69, 9.17) is 9.72 Å². The van der Waals surface area contributed by atoms with E-state index in [1.165, 1.54) is 7.11 Å². The van der Waals surface area contributed by atoms with Gasteiger partial charge in [-0.25, -0.2) is 9.78 Å². The number of aliphatic hydroxyl groups is 1. The summed E-state index contributed by atoms with van der Waals surface area (Å²) in [6.45, 7) is 4.16. The van der Waals surface area contributed by atoms with E-state index in [0.29, 0.717) is 5.56 Å². The molecule has 0 spiro atoms. The van der Waals surface area contributed by atoms with Crippen molar-refractivity contribution in [1.82, 2.24) is 9.55 Å². The fourth-order valence-corrected chi connectivity index (χ4v) is 3.24. The number of imidazole rings is 1. The molecule has 7 heteroatoms. The summed E-state index contributed by atoms with van der Waals surface area (Å²) in [6.07, 6.45) is -0.796. The highest BCUT2D eigenvalue weighted by Gasteiger charge is 2.21. The number of esters is 1. The van der Waals surface area contributed by atoms with Crippen molar-refractivity contribution in [2.45, 2.75) is 26.1 Å². The second-order valence-electron chi connectivity index (χ2n) is 6.58. The number of aromatic nitrogens is 2. The summed E-state index contributed by atoms with van der Waals surface area (Å²) in [5, 5.41) is 15.6. The summed E-state index contributed by atoms with van der Waals surface area (Å²) >= 11 is 0. The van der Waals surface area contributed by atoms with Crippen LogP contribution in [0.1, 0.15) is 35.9 Å². The van der Waals surface area contributed by atoms with Gasteiger partial charge in [0.2, 0.25) is 6.35 Å². The average molecular weight is 352 g/mol. The molecule has 2 aromatic carbocycles. The Morgan fingerprint density at radius 3 is 2.69 bits per heavy atom. The van der Waals surface area contributed by atoms with Gasteiger partial charge in [-0.1, -0.05) is 13.8 Å². The molecule has 0 saturated carbocycles. The molecule has 0 radical (unpaired) electrons. The van der Waals surface area contributed by atoms with Crippen molar-refractivity contribution in [2.75, 3.05) is 17.7 Å². The van der Waals surface area contributed by atoms with E-state index in [0.717, 1.165) is 33.9 Å². The third-order valence-corrected chi connectivity index (χ3v) is 4.46. The Kier molecular flexibility index (Phi) is 3.81. The van der Waals surface area contributed by atoms with Gasteiger partial charge in [0.1, 0.15) is 5.82 Å². The Hall–Kier alpha value is -3.06. The van der Waals surface area contributed by atoms with Crippen LogP contribution < -0.4 is 10.6 Å². The predicted molar refractivity (Wildman–Crippen MR) is 99.8 cm³/mol. The summed E-state index contributed by atoms with van der Waals surface area (Å²) in [5.74, 6) is 0.705. The number of carbonyl (C=O) groups is 1. The van der Waals surface area contributed by atoms with Gasteiger partial charge in [0.15, 0.2) is 0 Å². The fourth-order valence-electron chi connectivity index (χ4n) is 3.24. The Morgan fingerprint density at radius 1 is 1.19 bits per heavy atom. The monoisotopic (exact) mass is 352 g/mol. The van der Waals surface area contributed by atoms with Gasteiger partial charge in [0.05, 0.1) is 35.1 Å². The normalized spacial score (nSPS) is 15.7. The van der Waals surface area contributed by atoms with Crippen LogP contribution in [0.2, 0.25) is 0 Å². The van der Waals surface area contributed by atoms with Gasteiger partial charge in [-0.2, -0.15) is 0 Å². The van der Waals surface area contributed by atoms with Crippen LogP contribution >= 0.6 is 0 Å². The average Bonchev–Trinajstić information content (AvgIpc) is 3.19. The molecule has 3 aromatic rings. The van der Waals surface area contributed by atoms with Crippen LogP contribution in [-0.4, -0.2) is 34.1 Å². The van der Waals surface area contributed by atoms with Gasteiger partial charge in [-0.3, -0.25) is 4.57 Å². The number of anilines is 2. The molecule has 26 heavy (non-hydrogen) atoms. The van der Waals surface area contributed by atoms with Crippen molar-refractivity contribution in [3.8, 4) is 5.69 Å². The molecular weight excluding hydrogens is 332 g/mol. The largest absolute Gasteiger partial charge is 0.465 e. The summed E-state index contributed by atoms with van der Waals surface area (Å²) in [7, 11) is 1.37. The molecule has 134 valence electrons. The topological polar surface area (TPSA) is 88.4 Å². The first-order chi connectivity index (χ1) is 12.5. The molecule has 0 saturated heterocycles. The number of nitrogens with one attached hydrogen (secondary N) is 2. The summed E-state index contributed by atoms with van der Waals surface area (Å²) in [6, 6.07) is 11.2. The van der Waals surface area contributed by atoms with Gasteiger partial charge in [-0.05, 0) is 36.4 Å². The lowest BCUT2D eigenvalue weighted by Crippen LogP contribution is -2.20. The van der Waals surface area contributed by atoms with E-state index in [-0.39, 0.29) is 11.9 Å². The van der Waals surface area contributed by atoms with Crippen LogP contribution in [0.4, 0.5) is 11.4 Å². The number of rotatable bonds is 3. The van der Waals surface area contributed by atoms with Crippen LogP contribution in [0, 0.1) is 0 Å². The highest BCUT2D eigenvalue weighted by Crippen LogP contribution is 2.33. The third kappa shape index (κ3) is 2.57. The number of methoxy groups -OCH3 is 1. The first-order valence-electron chi connectivity index (χ1n) is 8.44. The van der Waals surface area contributed by atoms with E-state index in [2.05, 4.69) is 24.5 Å². The van der Waals surface area contributed by atoms with Crippen LogP contribution in [0.25, 0.3) is 16.7 Å². The highest BCUT2D eigenvalue weighted by molar-refractivity contribution is 5.94. The van der Waals surface area contributed by atoms with Crippen molar-refractivity contribution in [3.05, 3.63) is 47.8 Å². The van der Waals surface area contributed by atoms with E-state index in [1.807, 2.05) is 28.8 Å². The van der Waals surface area contributed by atoms with Crippen LogP contribution in [0.15, 0.2) is 36.4 Å². The zero-order valence-corrected chi connectivity index (χ0v) is 14.8. The molecular formula is C19H20N4O3. The molecule has 4 rings (SSSR count). The smallest absolute Gasteiger partial charge is 0.337 e. The van der Waals surface area contributed by atoms with Crippen LogP contribution in [0.5, 0.6) is 0 Å². The Morgan fingerprint density at radius 2 is 1.96 bits per heavy atom. The lowest BCUT2D eigenvalue weighted by molar-refractivity contribution is 0.0601. The first kappa shape index (κ1) is 16.4. The number of benzene rings is 2. The second-order valence-corrected chi connectivity index (χ2v) is 6.58. The van der Waals surface area contributed by atoms with Gasteiger partial charge < -0.3 is 20.5 Å². The predicted octanol–water partition coefficient (Wildman–Crippen LogP) is 3.05. The SMILES string of the molecule is COC(=O)c1ccc2nc(C(C)C)n(-c3ccc4c(c3)NC(O)N4)c2c1. The highest BCUT2D eigenvalue weighted by atomic mass is 16.5. The maximum atomic E-state index is 11.9. The Labute approximate surface area is 150 Å². The van der Waals surface area contributed by atoms with Crippen molar-refractivity contribution in [2.24, 2.45) is 0 Å². The summed E-state index contributed by atoms with van der Waals surface area (Å²) < 4.78 is 6.88. The minimum absolute atomic E-state index is 0.189. The van der Waals surface area contributed by atoms with Gasteiger partial charge in [0.25, 0.3) is 0 Å². The molecule has 0 aliphatic carbocycles. The number of carbonyl (C=O) groups excluding carboxylic acids is 1. The molecule has 3 N–H and O–H groups in total. The molecule has 1 unspecified atom stereocenters. The summed E-state index contributed by atoms with van der Waals surface area (Å²) in [5.41, 5.74) is 4.69. The van der Waals surface area contributed by atoms with Gasteiger partial charge in [0, 0.05) is 11.6 Å². The molecule has 2 heterocycles. The lowest BCUT2D eigenvalue weighted by atomic mass is 10.1. The number of fused-ring (bicyclic) bond motifs is 2. The molecule has 1 aliphatic heterocycles. The molecule has 0 fully saturated rings. The molecule has 0 bridgehead atoms. The van der Waals surface area contributed by atoms with E-state index in [1.54, 1.807) is 12.1 Å². The van der Waals surface area contributed by atoms with Crippen LogP contribution in [-0.2, 0) is 4.74 Å². The maximum Gasteiger partial charge on any atom is 0.337 e. The zero-order valence-electron chi connectivity index (χ0n) is 14.8. The maximum absolute atomic E-state index is 11.9. The Bertz CT molecular complexity index is 1010. The van der Waals surface area contributed by atoms with Crippen LogP contribution in [0.3, 0.4) is 0 Å². The Balaban J connectivity index is 1.93.